The molecule has 6 nitrogen and oxygen atoms in total. The SMILES string of the molecule is CCOc1cc(/C=N/NC(=O)c2cc(-c3ccccc3)nc3ccccc23)cc(I)c1OCc1ccc(C)cc1. The molecule has 0 radical (unpaired) electrons. The van der Waals surface area contributed by atoms with Crippen molar-refractivity contribution in [1.82, 2.24) is 10.4 Å². The molecule has 1 N–H and O–H groups in total. The van der Waals surface area contributed by atoms with Gasteiger partial charge in [-0.05, 0) is 71.8 Å². The van der Waals surface area contributed by atoms with E-state index >= 15 is 0 Å². The summed E-state index contributed by atoms with van der Waals surface area (Å²) in [7, 11) is 0. The fourth-order valence-corrected chi connectivity index (χ4v) is 5.03. The van der Waals surface area contributed by atoms with Gasteiger partial charge in [0.2, 0.25) is 0 Å². The standard InChI is InChI=1S/C33H28IN3O3/c1-3-39-31-18-24(17-28(34)32(31)40-21-23-15-13-22(2)14-16-23)20-35-37-33(38)27-19-30(25-9-5-4-6-10-25)36-29-12-8-7-11-26(27)29/h4-20H,3,21H2,1-2H3,(H,37,38)/b35-20+. The zero-order chi connectivity index (χ0) is 27.9. The number of amides is 1. The first kappa shape index (κ1) is 27.3. The molecule has 0 bridgehead atoms. The van der Waals surface area contributed by atoms with Crippen LogP contribution >= 0.6 is 22.6 Å². The number of hydrogen-bond acceptors (Lipinski definition) is 5. The Kier molecular flexibility index (Phi) is 8.71. The number of pyridine rings is 1. The Morgan fingerprint density at radius 2 is 1.70 bits per heavy atom. The van der Waals surface area contributed by atoms with Gasteiger partial charge in [-0.3, -0.25) is 4.79 Å². The van der Waals surface area contributed by atoms with E-state index in [0.29, 0.717) is 30.3 Å². The van der Waals surface area contributed by atoms with Gasteiger partial charge in [-0.1, -0.05) is 78.4 Å². The second-order valence-corrected chi connectivity index (χ2v) is 10.3. The van der Waals surface area contributed by atoms with Crippen LogP contribution < -0.4 is 14.9 Å². The number of nitrogens with zero attached hydrogens (tertiary/aromatic N) is 2. The smallest absolute Gasteiger partial charge is 0.272 e. The van der Waals surface area contributed by atoms with Crippen molar-refractivity contribution < 1.29 is 14.3 Å². The Hall–Kier alpha value is -4.24. The predicted octanol–water partition coefficient (Wildman–Crippen LogP) is 7.56. The van der Waals surface area contributed by atoms with Crippen LogP contribution in [-0.2, 0) is 6.61 Å². The molecule has 0 aliphatic carbocycles. The van der Waals surface area contributed by atoms with Crippen molar-refractivity contribution in [3.63, 3.8) is 0 Å². The zero-order valence-corrected chi connectivity index (χ0v) is 24.4. The third-order valence-electron chi connectivity index (χ3n) is 6.25. The molecule has 4 aromatic carbocycles. The summed E-state index contributed by atoms with van der Waals surface area (Å²) in [5.41, 5.74) is 8.66. The molecule has 0 aliphatic heterocycles. The van der Waals surface area contributed by atoms with Gasteiger partial charge in [-0.15, -0.1) is 0 Å². The molecule has 0 unspecified atom stereocenters. The van der Waals surface area contributed by atoms with Crippen LogP contribution in [0, 0.1) is 10.5 Å². The summed E-state index contributed by atoms with van der Waals surface area (Å²) in [6, 6.07) is 31.3. The molecule has 0 atom stereocenters. The third-order valence-corrected chi connectivity index (χ3v) is 7.05. The quantitative estimate of drug-likeness (QED) is 0.103. The van der Waals surface area contributed by atoms with E-state index in [2.05, 4.69) is 64.3 Å². The van der Waals surface area contributed by atoms with Crippen molar-refractivity contribution in [3.05, 3.63) is 123 Å². The molecular formula is C33H28IN3O3. The molecule has 0 aliphatic rings. The number of fused-ring (bicyclic) bond motifs is 1. The van der Waals surface area contributed by atoms with Crippen LogP contribution in [0.3, 0.4) is 0 Å². The number of hydrogen-bond donors (Lipinski definition) is 1. The lowest BCUT2D eigenvalue weighted by Gasteiger charge is -2.15. The average Bonchev–Trinajstić information content (AvgIpc) is 2.97. The monoisotopic (exact) mass is 641 g/mol. The molecule has 1 aromatic heterocycles. The van der Waals surface area contributed by atoms with Crippen molar-refractivity contribution >= 4 is 45.6 Å². The van der Waals surface area contributed by atoms with Crippen LogP contribution in [0.2, 0.25) is 0 Å². The Morgan fingerprint density at radius 3 is 2.48 bits per heavy atom. The molecule has 0 saturated carbocycles. The van der Waals surface area contributed by atoms with Crippen LogP contribution in [0.1, 0.15) is 34.0 Å². The van der Waals surface area contributed by atoms with Gasteiger partial charge in [0.1, 0.15) is 6.61 Å². The normalized spacial score (nSPS) is 11.1. The van der Waals surface area contributed by atoms with Gasteiger partial charge in [0.25, 0.3) is 5.91 Å². The number of carbonyl (C=O) groups excluding carboxylic acids is 1. The first-order valence-corrected chi connectivity index (χ1v) is 14.0. The third kappa shape index (κ3) is 6.48. The summed E-state index contributed by atoms with van der Waals surface area (Å²) in [5, 5.41) is 5.02. The number of benzene rings is 4. The summed E-state index contributed by atoms with van der Waals surface area (Å²) in [6.07, 6.45) is 1.60. The zero-order valence-electron chi connectivity index (χ0n) is 22.2. The van der Waals surface area contributed by atoms with E-state index in [1.807, 2.05) is 73.7 Å². The number of aromatic nitrogens is 1. The van der Waals surface area contributed by atoms with E-state index in [1.165, 1.54) is 5.56 Å². The topological polar surface area (TPSA) is 72.8 Å². The maximum Gasteiger partial charge on any atom is 0.272 e. The highest BCUT2D eigenvalue weighted by atomic mass is 127. The first-order valence-electron chi connectivity index (χ1n) is 12.9. The fourth-order valence-electron chi connectivity index (χ4n) is 4.25. The summed E-state index contributed by atoms with van der Waals surface area (Å²) in [4.78, 5) is 18.0. The fraction of sp³-hybridized carbons (Fsp3) is 0.121. The van der Waals surface area contributed by atoms with Gasteiger partial charge in [0.15, 0.2) is 11.5 Å². The molecule has 0 saturated heterocycles. The van der Waals surface area contributed by atoms with Crippen LogP contribution in [0.15, 0.2) is 102 Å². The van der Waals surface area contributed by atoms with Gasteiger partial charge in [0.05, 0.1) is 33.2 Å². The van der Waals surface area contributed by atoms with E-state index in [4.69, 9.17) is 14.5 Å². The predicted molar refractivity (Wildman–Crippen MR) is 168 cm³/mol. The van der Waals surface area contributed by atoms with Crippen molar-refractivity contribution in [2.45, 2.75) is 20.5 Å². The van der Waals surface area contributed by atoms with Gasteiger partial charge in [0, 0.05) is 10.9 Å². The number of ether oxygens (including phenoxy) is 2. The minimum Gasteiger partial charge on any atom is -0.490 e. The second kappa shape index (κ2) is 12.7. The van der Waals surface area contributed by atoms with E-state index in [9.17, 15) is 4.79 Å². The van der Waals surface area contributed by atoms with Gasteiger partial charge < -0.3 is 9.47 Å². The molecule has 5 rings (SSSR count). The summed E-state index contributed by atoms with van der Waals surface area (Å²) in [5.74, 6) is 0.993. The van der Waals surface area contributed by atoms with Crippen LogP contribution in [0.25, 0.3) is 22.2 Å². The average molecular weight is 642 g/mol. The summed E-state index contributed by atoms with van der Waals surface area (Å²) in [6.45, 7) is 4.92. The lowest BCUT2D eigenvalue weighted by atomic mass is 10.0. The number of nitrogens with one attached hydrogen (secondary N) is 1. The summed E-state index contributed by atoms with van der Waals surface area (Å²) < 4.78 is 12.9. The largest absolute Gasteiger partial charge is 0.490 e. The van der Waals surface area contributed by atoms with Gasteiger partial charge >= 0.3 is 0 Å². The minimum atomic E-state index is -0.315. The van der Waals surface area contributed by atoms with E-state index < -0.39 is 0 Å². The van der Waals surface area contributed by atoms with Crippen LogP contribution in [0.5, 0.6) is 11.5 Å². The Bertz CT molecular complexity index is 1670. The molecule has 0 fully saturated rings. The van der Waals surface area contributed by atoms with Crippen LogP contribution in [-0.4, -0.2) is 23.7 Å². The lowest BCUT2D eigenvalue weighted by Crippen LogP contribution is -2.18. The molecule has 0 spiro atoms. The molecular weight excluding hydrogens is 613 g/mol. The first-order chi connectivity index (χ1) is 19.5. The van der Waals surface area contributed by atoms with Gasteiger partial charge in [-0.2, -0.15) is 5.10 Å². The van der Waals surface area contributed by atoms with Gasteiger partial charge in [-0.25, -0.2) is 10.4 Å². The Labute approximate surface area is 247 Å². The van der Waals surface area contributed by atoms with Crippen molar-refractivity contribution in [3.8, 4) is 22.8 Å². The van der Waals surface area contributed by atoms with E-state index in [0.717, 1.165) is 36.9 Å². The second-order valence-electron chi connectivity index (χ2n) is 9.17. The molecule has 200 valence electrons. The molecule has 5 aromatic rings. The molecule has 1 heterocycles. The number of aryl methyl sites for hydroxylation is 1. The van der Waals surface area contributed by atoms with Crippen molar-refractivity contribution in [2.24, 2.45) is 5.10 Å². The molecule has 1 amide bonds. The lowest BCUT2D eigenvalue weighted by molar-refractivity contribution is 0.0956. The Balaban J connectivity index is 1.36. The molecule has 40 heavy (non-hydrogen) atoms. The molecule has 7 heteroatoms. The highest BCUT2D eigenvalue weighted by molar-refractivity contribution is 14.1. The van der Waals surface area contributed by atoms with Crippen molar-refractivity contribution in [2.75, 3.05) is 6.61 Å². The highest BCUT2D eigenvalue weighted by Crippen LogP contribution is 2.34. The van der Waals surface area contributed by atoms with E-state index in [-0.39, 0.29) is 5.91 Å². The number of carbonyl (C=O) groups is 1. The van der Waals surface area contributed by atoms with Crippen molar-refractivity contribution in [1.29, 1.82) is 0 Å². The van der Waals surface area contributed by atoms with Crippen LogP contribution in [0.4, 0.5) is 0 Å². The number of hydrazone groups is 1. The summed E-state index contributed by atoms with van der Waals surface area (Å²) >= 11 is 2.23. The number of halogens is 1. The number of rotatable bonds is 9. The maximum atomic E-state index is 13.3. The highest BCUT2D eigenvalue weighted by Gasteiger charge is 2.15. The van der Waals surface area contributed by atoms with E-state index in [1.54, 1.807) is 12.3 Å². The maximum absolute atomic E-state index is 13.3. The number of para-hydroxylation sites is 1. The minimum absolute atomic E-state index is 0.315. The Morgan fingerprint density at radius 1 is 0.950 bits per heavy atom.